The van der Waals surface area contributed by atoms with Gasteiger partial charge < -0.3 is 5.32 Å². The Morgan fingerprint density at radius 3 is 2.24 bits per heavy atom. The van der Waals surface area contributed by atoms with Gasteiger partial charge in [0, 0.05) is 13.0 Å². The van der Waals surface area contributed by atoms with E-state index in [1.807, 2.05) is 0 Å². The Hall–Kier alpha value is -1.90. The molecule has 0 bridgehead atoms. The van der Waals surface area contributed by atoms with E-state index in [0.29, 0.717) is 5.17 Å². The van der Waals surface area contributed by atoms with Gasteiger partial charge in [-0.2, -0.15) is 0 Å². The van der Waals surface area contributed by atoms with Gasteiger partial charge in [-0.25, -0.2) is 5.43 Å². The number of thioether (sulfide) groups is 1. The van der Waals surface area contributed by atoms with Crippen LogP contribution in [0.1, 0.15) is 64.2 Å². The van der Waals surface area contributed by atoms with Crippen molar-refractivity contribution in [2.45, 2.75) is 70.3 Å². The molecule has 2 N–H and O–H groups in total. The maximum absolute atomic E-state index is 12.9. The fraction of sp³-hybridized carbons (Fsp3) is 0.750. The van der Waals surface area contributed by atoms with Crippen molar-refractivity contribution in [2.75, 3.05) is 12.8 Å². The lowest BCUT2D eigenvalue weighted by atomic mass is 9.81. The predicted octanol–water partition coefficient (Wildman–Crippen LogP) is 1.79. The molecule has 160 valence electrons. The number of nitrogens with one attached hydrogen (secondary N) is 2. The van der Waals surface area contributed by atoms with Gasteiger partial charge in [0.25, 0.3) is 0 Å². The van der Waals surface area contributed by atoms with Crippen LogP contribution in [0.2, 0.25) is 0 Å². The fourth-order valence-electron chi connectivity index (χ4n) is 4.33. The molecule has 29 heavy (non-hydrogen) atoms. The maximum Gasteiger partial charge on any atom is 0.309 e. The SMILES string of the molecule is CN1C(=O)CSC1=NNC(=O)C(=O)C(NC(=O)C1CCCCC1)C1CCCCC1. The summed E-state index contributed by atoms with van der Waals surface area (Å²) in [6, 6.07) is -0.805. The largest absolute Gasteiger partial charge is 0.345 e. The topological polar surface area (TPSA) is 108 Å². The number of carbonyl (C=O) groups excluding carboxylic acids is 4. The first kappa shape index (κ1) is 21.8. The standard InChI is InChI=1S/C20H30N4O4S/c1-24-15(25)12-29-20(24)23-22-19(28)17(26)16(13-8-4-2-5-9-13)21-18(27)14-10-6-3-7-11-14/h13-14,16H,2-12H2,1H3,(H,21,27)(H,22,28). The quantitative estimate of drug-likeness (QED) is 0.501. The Morgan fingerprint density at radius 2 is 1.66 bits per heavy atom. The van der Waals surface area contributed by atoms with Crippen LogP contribution in [0, 0.1) is 11.8 Å². The van der Waals surface area contributed by atoms with Crippen LogP contribution in [-0.2, 0) is 19.2 Å². The number of hydrogen-bond acceptors (Lipinski definition) is 6. The lowest BCUT2D eigenvalue weighted by Crippen LogP contribution is -2.52. The molecule has 0 aromatic carbocycles. The summed E-state index contributed by atoms with van der Waals surface area (Å²) < 4.78 is 0. The molecule has 1 atom stereocenters. The van der Waals surface area contributed by atoms with Crippen molar-refractivity contribution < 1.29 is 19.2 Å². The molecule has 0 spiro atoms. The summed E-state index contributed by atoms with van der Waals surface area (Å²) in [4.78, 5) is 51.1. The minimum atomic E-state index is -0.842. The van der Waals surface area contributed by atoms with Gasteiger partial charge in [0.05, 0.1) is 5.75 Å². The maximum atomic E-state index is 12.9. The van der Waals surface area contributed by atoms with Gasteiger partial charge in [0.15, 0.2) is 5.17 Å². The van der Waals surface area contributed by atoms with Crippen molar-refractivity contribution >= 4 is 40.4 Å². The van der Waals surface area contributed by atoms with Crippen LogP contribution in [-0.4, -0.2) is 52.4 Å². The Labute approximate surface area is 175 Å². The van der Waals surface area contributed by atoms with Gasteiger partial charge in [-0.05, 0) is 31.6 Å². The second kappa shape index (κ2) is 10.2. The van der Waals surface area contributed by atoms with Crippen LogP contribution >= 0.6 is 11.8 Å². The number of hydrogen-bond donors (Lipinski definition) is 2. The average Bonchev–Trinajstić information content (AvgIpc) is 3.08. The third-order valence-corrected chi connectivity index (χ3v) is 7.15. The number of hydrazone groups is 1. The third kappa shape index (κ3) is 5.58. The highest BCUT2D eigenvalue weighted by atomic mass is 32.2. The Morgan fingerprint density at radius 1 is 1.03 bits per heavy atom. The highest BCUT2D eigenvalue weighted by molar-refractivity contribution is 8.15. The van der Waals surface area contributed by atoms with Crippen LogP contribution in [0.15, 0.2) is 5.10 Å². The Bertz CT molecular complexity index is 684. The number of nitrogens with zero attached hydrogens (tertiary/aromatic N) is 2. The molecule has 1 unspecified atom stereocenters. The molecule has 0 aromatic heterocycles. The van der Waals surface area contributed by atoms with Crippen molar-refractivity contribution in [1.82, 2.24) is 15.6 Å². The normalized spacial score (nSPS) is 23.8. The summed E-state index contributed by atoms with van der Waals surface area (Å²) in [5.41, 5.74) is 2.28. The second-order valence-corrected chi connectivity index (χ2v) is 9.10. The van der Waals surface area contributed by atoms with Crippen LogP contribution in [0.3, 0.4) is 0 Å². The molecular weight excluding hydrogens is 392 g/mol. The van der Waals surface area contributed by atoms with Crippen LogP contribution in [0.25, 0.3) is 0 Å². The lowest BCUT2D eigenvalue weighted by Gasteiger charge is -2.31. The van der Waals surface area contributed by atoms with E-state index in [1.54, 1.807) is 7.05 Å². The predicted molar refractivity (Wildman–Crippen MR) is 111 cm³/mol. The molecule has 3 fully saturated rings. The first-order valence-electron chi connectivity index (χ1n) is 10.6. The summed E-state index contributed by atoms with van der Waals surface area (Å²) in [6.45, 7) is 0. The number of rotatable bonds is 6. The third-order valence-electron chi connectivity index (χ3n) is 6.14. The molecule has 3 aliphatic rings. The van der Waals surface area contributed by atoms with Crippen LogP contribution < -0.4 is 10.7 Å². The minimum absolute atomic E-state index is 0.0210. The van der Waals surface area contributed by atoms with E-state index in [0.717, 1.165) is 64.2 Å². The second-order valence-electron chi connectivity index (χ2n) is 8.16. The highest BCUT2D eigenvalue weighted by Gasteiger charge is 2.36. The van der Waals surface area contributed by atoms with E-state index in [1.165, 1.54) is 16.7 Å². The van der Waals surface area contributed by atoms with Gasteiger partial charge in [-0.1, -0.05) is 50.3 Å². The molecule has 8 nitrogen and oxygen atoms in total. The molecular formula is C20H30N4O4S. The first-order chi connectivity index (χ1) is 14.0. The Kier molecular flexibility index (Phi) is 7.69. The van der Waals surface area contributed by atoms with Gasteiger partial charge >= 0.3 is 5.91 Å². The van der Waals surface area contributed by atoms with Gasteiger partial charge in [-0.3, -0.25) is 24.1 Å². The van der Waals surface area contributed by atoms with E-state index in [-0.39, 0.29) is 29.4 Å². The van der Waals surface area contributed by atoms with Gasteiger partial charge in [-0.15, -0.1) is 5.10 Å². The molecule has 2 saturated carbocycles. The number of amides is 3. The Balaban J connectivity index is 1.66. The van der Waals surface area contributed by atoms with E-state index in [9.17, 15) is 19.2 Å². The molecule has 3 rings (SSSR count). The molecule has 1 aliphatic heterocycles. The minimum Gasteiger partial charge on any atom is -0.345 e. The van der Waals surface area contributed by atoms with Crippen molar-refractivity contribution in [3.05, 3.63) is 0 Å². The van der Waals surface area contributed by atoms with Gasteiger partial charge in [0.1, 0.15) is 6.04 Å². The highest BCUT2D eigenvalue weighted by Crippen LogP contribution is 2.29. The smallest absolute Gasteiger partial charge is 0.309 e. The van der Waals surface area contributed by atoms with Gasteiger partial charge in [0.2, 0.25) is 17.6 Å². The average molecular weight is 423 g/mol. The van der Waals surface area contributed by atoms with Crippen molar-refractivity contribution in [3.8, 4) is 0 Å². The number of carbonyl (C=O) groups is 4. The zero-order valence-electron chi connectivity index (χ0n) is 16.9. The molecule has 3 amide bonds. The van der Waals surface area contributed by atoms with E-state index in [2.05, 4.69) is 15.8 Å². The number of amidine groups is 1. The summed E-state index contributed by atoms with van der Waals surface area (Å²) >= 11 is 1.21. The van der Waals surface area contributed by atoms with Crippen molar-refractivity contribution in [1.29, 1.82) is 0 Å². The van der Waals surface area contributed by atoms with Crippen LogP contribution in [0.4, 0.5) is 0 Å². The number of ketones is 1. The summed E-state index contributed by atoms with van der Waals surface area (Å²) in [5.74, 6) is -1.53. The number of Topliss-reactive ketones (excluding diaryl/α,β-unsaturated/α-hetero) is 1. The zero-order chi connectivity index (χ0) is 20.8. The fourth-order valence-corrected chi connectivity index (χ4v) is 5.18. The molecule has 9 heteroatoms. The lowest BCUT2D eigenvalue weighted by molar-refractivity contribution is -0.141. The first-order valence-corrected chi connectivity index (χ1v) is 11.6. The zero-order valence-corrected chi connectivity index (χ0v) is 17.8. The van der Waals surface area contributed by atoms with E-state index in [4.69, 9.17) is 0 Å². The monoisotopic (exact) mass is 422 g/mol. The molecule has 2 aliphatic carbocycles. The van der Waals surface area contributed by atoms with Crippen molar-refractivity contribution in [2.24, 2.45) is 16.9 Å². The molecule has 1 saturated heterocycles. The summed E-state index contributed by atoms with van der Waals surface area (Å²) in [7, 11) is 1.57. The molecule has 0 aromatic rings. The van der Waals surface area contributed by atoms with E-state index >= 15 is 0 Å². The molecule has 1 heterocycles. The summed E-state index contributed by atoms with van der Waals surface area (Å²) in [5, 5.41) is 7.20. The van der Waals surface area contributed by atoms with Crippen LogP contribution in [0.5, 0.6) is 0 Å². The van der Waals surface area contributed by atoms with Crippen molar-refractivity contribution in [3.63, 3.8) is 0 Å². The van der Waals surface area contributed by atoms with E-state index < -0.39 is 17.7 Å². The summed E-state index contributed by atoms with van der Waals surface area (Å²) in [6.07, 6.45) is 9.67. The molecule has 0 radical (unpaired) electrons.